The van der Waals surface area contributed by atoms with Gasteiger partial charge < -0.3 is 9.73 Å². The topological polar surface area (TPSA) is 71.3 Å². The van der Waals surface area contributed by atoms with Gasteiger partial charge in [0.2, 0.25) is 10.0 Å². The Kier molecular flexibility index (Phi) is 4.53. The fourth-order valence-electron chi connectivity index (χ4n) is 1.73. The van der Waals surface area contributed by atoms with Crippen molar-refractivity contribution in [3.63, 3.8) is 0 Å². The molecule has 1 aromatic carbocycles. The van der Waals surface area contributed by atoms with E-state index >= 15 is 0 Å². The first kappa shape index (κ1) is 14.7. The van der Waals surface area contributed by atoms with E-state index < -0.39 is 15.8 Å². The van der Waals surface area contributed by atoms with Gasteiger partial charge in [0.15, 0.2) is 0 Å². The minimum atomic E-state index is -3.89. The van der Waals surface area contributed by atoms with Crippen molar-refractivity contribution in [2.75, 3.05) is 7.05 Å². The van der Waals surface area contributed by atoms with Crippen LogP contribution in [0.3, 0.4) is 0 Å². The average molecular weight is 298 g/mol. The van der Waals surface area contributed by atoms with Crippen LogP contribution in [0.15, 0.2) is 46.1 Å². The SMILES string of the molecule is CNCc1ccc(S(=O)(=O)NCc2ccoc2)c(F)c1. The van der Waals surface area contributed by atoms with E-state index in [-0.39, 0.29) is 11.4 Å². The second-order valence-electron chi connectivity index (χ2n) is 4.25. The second kappa shape index (κ2) is 6.17. The lowest BCUT2D eigenvalue weighted by atomic mass is 10.2. The molecule has 2 rings (SSSR count). The number of furan rings is 1. The molecule has 0 saturated heterocycles. The molecule has 108 valence electrons. The highest BCUT2D eigenvalue weighted by Crippen LogP contribution is 2.16. The largest absolute Gasteiger partial charge is 0.472 e. The monoisotopic (exact) mass is 298 g/mol. The first-order chi connectivity index (χ1) is 9.53. The quantitative estimate of drug-likeness (QED) is 0.850. The molecule has 2 N–H and O–H groups in total. The molecular formula is C13H15FN2O3S. The molecule has 0 aliphatic rings. The van der Waals surface area contributed by atoms with Crippen LogP contribution in [-0.2, 0) is 23.1 Å². The zero-order chi connectivity index (χ0) is 14.6. The summed E-state index contributed by atoms with van der Waals surface area (Å²) >= 11 is 0. The maximum Gasteiger partial charge on any atom is 0.243 e. The highest BCUT2D eigenvalue weighted by molar-refractivity contribution is 7.89. The number of benzene rings is 1. The fraction of sp³-hybridized carbons (Fsp3) is 0.231. The van der Waals surface area contributed by atoms with Crippen molar-refractivity contribution in [3.8, 4) is 0 Å². The van der Waals surface area contributed by atoms with E-state index in [1.807, 2.05) is 0 Å². The van der Waals surface area contributed by atoms with Gasteiger partial charge in [-0.2, -0.15) is 0 Å². The number of hydrogen-bond donors (Lipinski definition) is 2. The number of hydrogen-bond acceptors (Lipinski definition) is 4. The van der Waals surface area contributed by atoms with Gasteiger partial charge >= 0.3 is 0 Å². The smallest absolute Gasteiger partial charge is 0.243 e. The van der Waals surface area contributed by atoms with Crippen LogP contribution in [0.4, 0.5) is 4.39 Å². The molecule has 0 bridgehead atoms. The van der Waals surface area contributed by atoms with E-state index in [2.05, 4.69) is 10.0 Å². The minimum absolute atomic E-state index is 0.0521. The van der Waals surface area contributed by atoms with Crippen LogP contribution in [0.25, 0.3) is 0 Å². The van der Waals surface area contributed by atoms with Crippen LogP contribution in [0.2, 0.25) is 0 Å². The van der Waals surface area contributed by atoms with Crippen molar-refractivity contribution in [2.45, 2.75) is 18.0 Å². The van der Waals surface area contributed by atoms with Crippen molar-refractivity contribution in [1.29, 1.82) is 0 Å². The summed E-state index contributed by atoms with van der Waals surface area (Å²) in [6, 6.07) is 5.68. The predicted octanol–water partition coefficient (Wildman–Crippen LogP) is 1.62. The van der Waals surface area contributed by atoms with Crippen molar-refractivity contribution in [2.24, 2.45) is 0 Å². The maximum atomic E-state index is 13.9. The van der Waals surface area contributed by atoms with Gasteiger partial charge in [0.1, 0.15) is 10.7 Å². The zero-order valence-electron chi connectivity index (χ0n) is 10.9. The van der Waals surface area contributed by atoms with Crippen LogP contribution < -0.4 is 10.0 Å². The first-order valence-electron chi connectivity index (χ1n) is 5.96. The number of nitrogens with one attached hydrogen (secondary N) is 2. The highest BCUT2D eigenvalue weighted by Gasteiger charge is 2.19. The van der Waals surface area contributed by atoms with Gasteiger partial charge in [-0.1, -0.05) is 6.07 Å². The highest BCUT2D eigenvalue weighted by atomic mass is 32.2. The Morgan fingerprint density at radius 2 is 2.00 bits per heavy atom. The van der Waals surface area contributed by atoms with Gasteiger partial charge in [0.05, 0.1) is 12.5 Å². The van der Waals surface area contributed by atoms with Crippen molar-refractivity contribution >= 4 is 10.0 Å². The van der Waals surface area contributed by atoms with Crippen molar-refractivity contribution in [3.05, 3.63) is 53.7 Å². The summed E-state index contributed by atoms with van der Waals surface area (Å²) in [5, 5.41) is 2.87. The summed E-state index contributed by atoms with van der Waals surface area (Å²) in [5.74, 6) is -0.766. The second-order valence-corrected chi connectivity index (χ2v) is 5.99. The van der Waals surface area contributed by atoms with E-state index in [9.17, 15) is 12.8 Å². The lowest BCUT2D eigenvalue weighted by molar-refractivity contribution is 0.552. The molecule has 0 fully saturated rings. The molecule has 7 heteroatoms. The number of sulfonamides is 1. The van der Waals surface area contributed by atoms with Gasteiger partial charge in [-0.3, -0.25) is 0 Å². The molecule has 0 aliphatic carbocycles. The maximum absolute atomic E-state index is 13.9. The van der Waals surface area contributed by atoms with Crippen LogP contribution >= 0.6 is 0 Å². The van der Waals surface area contributed by atoms with Crippen LogP contribution in [0.1, 0.15) is 11.1 Å². The van der Waals surface area contributed by atoms with Crippen LogP contribution in [0, 0.1) is 5.82 Å². The number of rotatable bonds is 6. The molecule has 2 aromatic rings. The van der Waals surface area contributed by atoms with E-state index in [1.165, 1.54) is 24.7 Å². The zero-order valence-corrected chi connectivity index (χ0v) is 11.7. The van der Waals surface area contributed by atoms with Crippen molar-refractivity contribution in [1.82, 2.24) is 10.0 Å². The molecule has 0 aliphatic heterocycles. The Morgan fingerprint density at radius 1 is 1.20 bits per heavy atom. The van der Waals surface area contributed by atoms with Crippen LogP contribution in [0.5, 0.6) is 0 Å². The van der Waals surface area contributed by atoms with Crippen molar-refractivity contribution < 1.29 is 17.2 Å². The molecule has 1 heterocycles. The lowest BCUT2D eigenvalue weighted by Gasteiger charge is -2.08. The summed E-state index contributed by atoms with van der Waals surface area (Å²) in [6.07, 6.45) is 2.87. The molecule has 5 nitrogen and oxygen atoms in total. The Balaban J connectivity index is 2.16. The van der Waals surface area contributed by atoms with Gasteiger partial charge in [-0.05, 0) is 30.8 Å². The lowest BCUT2D eigenvalue weighted by Crippen LogP contribution is -2.24. The van der Waals surface area contributed by atoms with Gasteiger partial charge in [0, 0.05) is 18.7 Å². The third-order valence-corrected chi connectivity index (χ3v) is 4.15. The normalized spacial score (nSPS) is 11.7. The van der Waals surface area contributed by atoms with Crippen LogP contribution in [-0.4, -0.2) is 15.5 Å². The molecule has 0 unspecified atom stereocenters. The standard InChI is InChI=1S/C13H15FN2O3S/c1-15-7-10-2-3-13(12(14)6-10)20(17,18)16-8-11-4-5-19-9-11/h2-6,9,15-16H,7-8H2,1H3. The number of halogens is 1. The summed E-state index contributed by atoms with van der Waals surface area (Å²) in [5.41, 5.74) is 1.35. The third-order valence-electron chi connectivity index (χ3n) is 2.71. The third kappa shape index (κ3) is 3.44. The summed E-state index contributed by atoms with van der Waals surface area (Å²) in [7, 11) is -2.15. The minimum Gasteiger partial charge on any atom is -0.472 e. The average Bonchev–Trinajstić information content (AvgIpc) is 2.90. The van der Waals surface area contributed by atoms with Gasteiger partial charge in [0.25, 0.3) is 0 Å². The van der Waals surface area contributed by atoms with Gasteiger partial charge in [-0.15, -0.1) is 0 Å². The molecule has 0 amide bonds. The van der Waals surface area contributed by atoms with E-state index in [0.717, 1.165) is 0 Å². The molecular weight excluding hydrogens is 283 g/mol. The van der Waals surface area contributed by atoms with Gasteiger partial charge in [-0.25, -0.2) is 17.5 Å². The Morgan fingerprint density at radius 3 is 2.60 bits per heavy atom. The molecule has 0 radical (unpaired) electrons. The molecule has 0 saturated carbocycles. The summed E-state index contributed by atoms with van der Waals surface area (Å²) in [4.78, 5) is -0.360. The summed E-state index contributed by atoms with van der Waals surface area (Å²) < 4.78 is 45.1. The first-order valence-corrected chi connectivity index (χ1v) is 7.45. The summed E-state index contributed by atoms with van der Waals surface area (Å²) in [6.45, 7) is 0.524. The Bertz CT molecular complexity index is 669. The van der Waals surface area contributed by atoms with E-state index in [1.54, 1.807) is 19.2 Å². The molecule has 20 heavy (non-hydrogen) atoms. The Labute approximate surface area is 116 Å². The molecule has 0 atom stereocenters. The Hall–Kier alpha value is -1.70. The van der Waals surface area contributed by atoms with E-state index in [4.69, 9.17) is 4.42 Å². The van der Waals surface area contributed by atoms with E-state index in [0.29, 0.717) is 17.7 Å². The molecule has 0 spiro atoms. The fourth-order valence-corrected chi connectivity index (χ4v) is 2.80. The molecule has 1 aromatic heterocycles. The predicted molar refractivity (Wildman–Crippen MR) is 71.9 cm³/mol.